The topological polar surface area (TPSA) is 140 Å². The van der Waals surface area contributed by atoms with Gasteiger partial charge in [-0.3, -0.25) is 0 Å². The van der Waals surface area contributed by atoms with Crippen LogP contribution in [0, 0.1) is 20.2 Å². The second-order valence-corrected chi connectivity index (χ2v) is 15.0. The Balaban J connectivity index is 2.35. The number of nitrogens with zero attached hydrogens (tertiary/aromatic N) is 4. The second kappa shape index (κ2) is 12.5. The van der Waals surface area contributed by atoms with Crippen molar-refractivity contribution in [2.24, 2.45) is 0 Å². The molecule has 1 heterocycles. The maximum Gasteiger partial charge on any atom is 0.439 e. The number of esters is 1. The Hall–Kier alpha value is -3.38. The van der Waals surface area contributed by atoms with Crippen molar-refractivity contribution in [1.82, 2.24) is 9.55 Å². The van der Waals surface area contributed by atoms with Gasteiger partial charge in [-0.15, -0.1) is 0 Å². The molecule has 196 valence electrons. The molecular formula is C24H34N4O7Si. The normalized spacial score (nSPS) is 13.0. The van der Waals surface area contributed by atoms with Crippen molar-refractivity contribution in [1.29, 1.82) is 0 Å². The molecule has 0 radical (unpaired) electrons. The number of carbonyl (C=O) groups excluding carboxylic acids is 1. The third-order valence-electron chi connectivity index (χ3n) is 6.21. The fourth-order valence-electron chi connectivity index (χ4n) is 4.77. The number of hydrogen-bond acceptors (Lipinski definition) is 8. The van der Waals surface area contributed by atoms with Crippen molar-refractivity contribution in [3.63, 3.8) is 0 Å². The number of hydrogen-bond donors (Lipinski definition) is 0. The maximum absolute atomic E-state index is 12.7. The molecule has 0 aliphatic heterocycles. The van der Waals surface area contributed by atoms with Crippen LogP contribution < -0.4 is 0 Å². The molecule has 2 rings (SSSR count). The first-order chi connectivity index (χ1) is 16.9. The van der Waals surface area contributed by atoms with Crippen LogP contribution in [0.1, 0.15) is 47.1 Å². The Bertz CT molecular complexity index is 1060. The Morgan fingerprint density at radius 3 is 2.11 bits per heavy atom. The van der Waals surface area contributed by atoms with Gasteiger partial charge in [0.2, 0.25) is 8.32 Å². The van der Waals surface area contributed by atoms with Crippen molar-refractivity contribution in [2.45, 2.75) is 70.8 Å². The van der Waals surface area contributed by atoms with Gasteiger partial charge in [0, 0.05) is 6.08 Å². The molecular weight excluding hydrogens is 484 g/mol. The number of rotatable bonds is 13. The van der Waals surface area contributed by atoms with Crippen LogP contribution in [0.4, 0.5) is 11.8 Å². The van der Waals surface area contributed by atoms with E-state index >= 15 is 0 Å². The first kappa shape index (κ1) is 28.9. The van der Waals surface area contributed by atoms with E-state index in [1.807, 2.05) is 30.3 Å². The highest BCUT2D eigenvalue weighted by molar-refractivity contribution is 6.77. The van der Waals surface area contributed by atoms with Crippen LogP contribution in [0.25, 0.3) is 6.08 Å². The molecule has 2 aromatic rings. The summed E-state index contributed by atoms with van der Waals surface area (Å²) in [5.74, 6) is -2.02. The minimum absolute atomic E-state index is 0.00515. The molecule has 0 spiro atoms. The van der Waals surface area contributed by atoms with Gasteiger partial charge in [0.15, 0.2) is 12.3 Å². The van der Waals surface area contributed by atoms with Crippen molar-refractivity contribution in [3.05, 3.63) is 68.4 Å². The SMILES string of the molecule is CC(C)[Si](OC[C@H](Cn1cc([N+](=O)[O-])nc1[N+](=O)[O-])OC(=O)C=Cc1ccccc1)(C(C)C)C(C)C. The van der Waals surface area contributed by atoms with Crippen molar-refractivity contribution in [3.8, 4) is 0 Å². The van der Waals surface area contributed by atoms with Gasteiger partial charge in [0.25, 0.3) is 0 Å². The van der Waals surface area contributed by atoms with Gasteiger partial charge in [0.05, 0.1) is 6.61 Å². The summed E-state index contributed by atoms with van der Waals surface area (Å²) in [4.78, 5) is 37.1. The molecule has 0 aliphatic carbocycles. The van der Waals surface area contributed by atoms with Gasteiger partial charge in [-0.1, -0.05) is 71.9 Å². The Labute approximate surface area is 211 Å². The maximum atomic E-state index is 12.7. The quantitative estimate of drug-likeness (QED) is 0.111. The molecule has 36 heavy (non-hydrogen) atoms. The van der Waals surface area contributed by atoms with Gasteiger partial charge in [0.1, 0.15) is 6.54 Å². The lowest BCUT2D eigenvalue weighted by atomic mass is 10.2. The molecule has 1 aromatic heterocycles. The van der Waals surface area contributed by atoms with E-state index in [2.05, 4.69) is 46.5 Å². The van der Waals surface area contributed by atoms with E-state index in [-0.39, 0.29) is 29.8 Å². The highest BCUT2D eigenvalue weighted by Crippen LogP contribution is 2.42. The number of carbonyl (C=O) groups is 1. The zero-order chi connectivity index (χ0) is 27.0. The molecule has 1 aromatic carbocycles. The van der Waals surface area contributed by atoms with Crippen LogP contribution in [0.2, 0.25) is 16.6 Å². The summed E-state index contributed by atoms with van der Waals surface area (Å²) in [5.41, 5.74) is 1.58. The average molecular weight is 519 g/mol. The minimum atomic E-state index is -2.35. The van der Waals surface area contributed by atoms with Crippen molar-refractivity contribution in [2.75, 3.05) is 6.61 Å². The molecule has 0 unspecified atom stereocenters. The summed E-state index contributed by atoms with van der Waals surface area (Å²) >= 11 is 0. The molecule has 0 bridgehead atoms. The van der Waals surface area contributed by atoms with E-state index in [1.165, 1.54) is 6.08 Å². The van der Waals surface area contributed by atoms with E-state index in [0.717, 1.165) is 16.3 Å². The van der Waals surface area contributed by atoms with Crippen LogP contribution in [0.3, 0.4) is 0 Å². The molecule has 12 heteroatoms. The average Bonchev–Trinajstić information content (AvgIpc) is 3.22. The van der Waals surface area contributed by atoms with Crippen LogP contribution >= 0.6 is 0 Å². The first-order valence-corrected chi connectivity index (χ1v) is 14.0. The van der Waals surface area contributed by atoms with Gasteiger partial charge in [-0.25, -0.2) is 9.36 Å². The Morgan fingerprint density at radius 1 is 1.03 bits per heavy atom. The van der Waals surface area contributed by atoms with E-state index in [0.29, 0.717) is 0 Å². The lowest BCUT2D eigenvalue weighted by molar-refractivity contribution is -0.403. The largest absolute Gasteiger partial charge is 0.453 e. The third kappa shape index (κ3) is 7.07. The fraction of sp³-hybridized carbons (Fsp3) is 0.500. The van der Waals surface area contributed by atoms with Crippen LogP contribution in [0.15, 0.2) is 42.6 Å². The van der Waals surface area contributed by atoms with Crippen molar-refractivity contribution < 1.29 is 23.8 Å². The summed E-state index contributed by atoms with van der Waals surface area (Å²) in [6.07, 6.45) is 2.90. The summed E-state index contributed by atoms with van der Waals surface area (Å²) in [6.45, 7) is 12.4. The summed E-state index contributed by atoms with van der Waals surface area (Å²) in [5, 5.41) is 22.6. The first-order valence-electron chi connectivity index (χ1n) is 11.8. The van der Waals surface area contributed by atoms with Gasteiger partial charge in [-0.2, -0.15) is 0 Å². The number of nitro groups is 2. The molecule has 0 fully saturated rings. The standard InChI is InChI=1S/C24H34N4O7Si/c1-17(2)36(18(3)4,19(5)6)34-16-21(35-23(29)13-12-20-10-8-7-9-11-20)14-26-15-22(27(30)31)25-24(26)28(32)33/h7-13,15,17-19,21H,14,16H2,1-6H3/t21-/m0/s1. The molecule has 0 amide bonds. The number of imidazole rings is 1. The molecule has 0 saturated heterocycles. The van der Waals surface area contributed by atoms with E-state index in [9.17, 15) is 25.0 Å². The van der Waals surface area contributed by atoms with Gasteiger partial charge < -0.3 is 29.4 Å². The van der Waals surface area contributed by atoms with Crippen LogP contribution in [-0.4, -0.2) is 46.4 Å². The second-order valence-electron chi connectivity index (χ2n) is 9.50. The van der Waals surface area contributed by atoms with E-state index < -0.39 is 42.0 Å². The summed E-state index contributed by atoms with van der Waals surface area (Å²) < 4.78 is 13.2. The number of benzene rings is 1. The highest BCUT2D eigenvalue weighted by Gasteiger charge is 2.45. The molecule has 0 N–H and O–H groups in total. The lowest BCUT2D eigenvalue weighted by Gasteiger charge is -2.42. The van der Waals surface area contributed by atoms with Gasteiger partial charge >= 0.3 is 17.7 Å². The summed E-state index contributed by atoms with van der Waals surface area (Å²) in [7, 11) is -2.35. The highest BCUT2D eigenvalue weighted by atomic mass is 28.4. The summed E-state index contributed by atoms with van der Waals surface area (Å²) in [6, 6.07) is 9.17. The molecule has 0 saturated carbocycles. The zero-order valence-electron chi connectivity index (χ0n) is 21.5. The van der Waals surface area contributed by atoms with Gasteiger partial charge in [-0.05, 0) is 43.1 Å². The Kier molecular flexibility index (Phi) is 10.0. The predicted molar refractivity (Wildman–Crippen MR) is 138 cm³/mol. The Morgan fingerprint density at radius 2 is 1.61 bits per heavy atom. The predicted octanol–water partition coefficient (Wildman–Crippen LogP) is 5.52. The number of aromatic nitrogens is 2. The smallest absolute Gasteiger partial charge is 0.439 e. The zero-order valence-corrected chi connectivity index (χ0v) is 22.5. The molecule has 1 atom stereocenters. The third-order valence-corrected chi connectivity index (χ3v) is 12.3. The van der Waals surface area contributed by atoms with Crippen molar-refractivity contribution >= 4 is 32.1 Å². The minimum Gasteiger partial charge on any atom is -0.453 e. The fourth-order valence-corrected chi connectivity index (χ4v) is 10.2. The van der Waals surface area contributed by atoms with E-state index in [4.69, 9.17) is 9.16 Å². The molecule has 11 nitrogen and oxygen atoms in total. The van der Waals surface area contributed by atoms with Crippen LogP contribution in [-0.2, 0) is 20.5 Å². The monoisotopic (exact) mass is 518 g/mol. The van der Waals surface area contributed by atoms with E-state index in [1.54, 1.807) is 6.08 Å². The lowest BCUT2D eigenvalue weighted by Crippen LogP contribution is -2.49. The number of ether oxygens (including phenoxy) is 1. The van der Waals surface area contributed by atoms with Crippen LogP contribution in [0.5, 0.6) is 0 Å². The molecule has 0 aliphatic rings.